The number of esters is 1. The highest BCUT2D eigenvalue weighted by Gasteiger charge is 2.19. The van der Waals surface area contributed by atoms with E-state index in [2.05, 4.69) is 49.9 Å². The summed E-state index contributed by atoms with van der Waals surface area (Å²) in [7, 11) is 2.13. The predicted molar refractivity (Wildman–Crippen MR) is 116 cm³/mol. The Kier molecular flexibility index (Phi) is 9.11. The van der Waals surface area contributed by atoms with Gasteiger partial charge in [0.05, 0.1) is 6.42 Å². The van der Waals surface area contributed by atoms with Crippen LogP contribution in [0.2, 0.25) is 0 Å². The van der Waals surface area contributed by atoms with Crippen molar-refractivity contribution >= 4 is 11.9 Å². The molecule has 1 aromatic carbocycles. The van der Waals surface area contributed by atoms with Gasteiger partial charge in [-0.25, -0.2) is 0 Å². The largest absolute Gasteiger partial charge is 0.426 e. The normalized spacial score (nSPS) is 15.7. The van der Waals surface area contributed by atoms with E-state index in [9.17, 15) is 9.59 Å². The molecule has 1 heterocycles. The monoisotopic (exact) mass is 403 g/mol. The van der Waals surface area contributed by atoms with Crippen molar-refractivity contribution in [2.24, 2.45) is 0 Å². The molecule has 6 heteroatoms. The summed E-state index contributed by atoms with van der Waals surface area (Å²) in [6.07, 6.45) is 0.243. The van der Waals surface area contributed by atoms with Gasteiger partial charge in [-0.2, -0.15) is 0 Å². The van der Waals surface area contributed by atoms with E-state index < -0.39 is 0 Å². The molecule has 6 nitrogen and oxygen atoms in total. The highest BCUT2D eigenvalue weighted by atomic mass is 16.5. The lowest BCUT2D eigenvalue weighted by atomic mass is 9.94. The zero-order chi connectivity index (χ0) is 21.4. The molecule has 0 bridgehead atoms. The van der Waals surface area contributed by atoms with Crippen molar-refractivity contribution in [3.63, 3.8) is 0 Å². The molecular weight excluding hydrogens is 366 g/mol. The van der Waals surface area contributed by atoms with Crippen molar-refractivity contribution in [2.75, 3.05) is 46.3 Å². The van der Waals surface area contributed by atoms with Crippen molar-refractivity contribution < 1.29 is 14.3 Å². The number of ether oxygens (including phenoxy) is 1. The van der Waals surface area contributed by atoms with Crippen LogP contribution < -0.4 is 10.1 Å². The average molecular weight is 404 g/mol. The summed E-state index contributed by atoms with van der Waals surface area (Å²) in [4.78, 5) is 29.2. The Bertz CT molecular complexity index is 654. The molecular formula is C23H37N3O3. The first-order chi connectivity index (χ1) is 13.8. The van der Waals surface area contributed by atoms with Gasteiger partial charge >= 0.3 is 5.97 Å². The zero-order valence-electron chi connectivity index (χ0n) is 18.7. The van der Waals surface area contributed by atoms with Gasteiger partial charge in [-0.3, -0.25) is 14.5 Å². The number of hydrogen-bond donors (Lipinski definition) is 1. The number of para-hydroxylation sites is 1. The maximum absolute atomic E-state index is 12.4. The van der Waals surface area contributed by atoms with Crippen LogP contribution in [0.1, 0.15) is 63.5 Å². The van der Waals surface area contributed by atoms with Crippen LogP contribution in [-0.4, -0.2) is 68.0 Å². The second-order valence-corrected chi connectivity index (χ2v) is 8.54. The Morgan fingerprint density at radius 1 is 1.00 bits per heavy atom. The minimum Gasteiger partial charge on any atom is -0.426 e. The van der Waals surface area contributed by atoms with E-state index in [4.69, 9.17) is 4.74 Å². The summed E-state index contributed by atoms with van der Waals surface area (Å²) in [5, 5.41) is 2.92. The minimum absolute atomic E-state index is 0.0876. The SMILES string of the molecule is CC(C)c1cccc(C(C)C)c1OC(=O)CCC(=O)NCCN1CCN(C)CC1. The van der Waals surface area contributed by atoms with Crippen molar-refractivity contribution in [1.29, 1.82) is 0 Å². The third-order valence-corrected chi connectivity index (χ3v) is 5.44. The quantitative estimate of drug-likeness (QED) is 0.507. The van der Waals surface area contributed by atoms with Crippen molar-refractivity contribution in [1.82, 2.24) is 15.1 Å². The van der Waals surface area contributed by atoms with Gasteiger partial charge in [0.1, 0.15) is 5.75 Å². The van der Waals surface area contributed by atoms with Crippen LogP contribution in [0.15, 0.2) is 18.2 Å². The number of rotatable bonds is 9. The summed E-state index contributed by atoms with van der Waals surface area (Å²) < 4.78 is 5.73. The lowest BCUT2D eigenvalue weighted by molar-refractivity contribution is -0.136. The van der Waals surface area contributed by atoms with Crippen LogP contribution in [0.25, 0.3) is 0 Å². The van der Waals surface area contributed by atoms with Gasteiger partial charge in [0, 0.05) is 45.7 Å². The number of amides is 1. The fourth-order valence-corrected chi connectivity index (χ4v) is 3.49. The van der Waals surface area contributed by atoms with Gasteiger partial charge in [0.25, 0.3) is 0 Å². The maximum atomic E-state index is 12.4. The van der Waals surface area contributed by atoms with E-state index in [0.29, 0.717) is 12.3 Å². The highest BCUT2D eigenvalue weighted by molar-refractivity contribution is 5.82. The molecule has 1 N–H and O–H groups in total. The summed E-state index contributed by atoms with van der Waals surface area (Å²) in [5.41, 5.74) is 2.06. The fraction of sp³-hybridized carbons (Fsp3) is 0.652. The Balaban J connectivity index is 1.79. The first kappa shape index (κ1) is 23.4. The van der Waals surface area contributed by atoms with E-state index in [1.807, 2.05) is 18.2 Å². The number of benzene rings is 1. The van der Waals surface area contributed by atoms with Gasteiger partial charge in [0.15, 0.2) is 0 Å². The van der Waals surface area contributed by atoms with E-state index in [0.717, 1.165) is 43.9 Å². The van der Waals surface area contributed by atoms with E-state index in [1.165, 1.54) is 0 Å². The number of carbonyl (C=O) groups is 2. The van der Waals surface area contributed by atoms with E-state index in [1.54, 1.807) is 0 Å². The molecule has 1 saturated heterocycles. The topological polar surface area (TPSA) is 61.9 Å². The van der Waals surface area contributed by atoms with Crippen molar-refractivity contribution in [3.05, 3.63) is 29.3 Å². The Morgan fingerprint density at radius 2 is 1.59 bits per heavy atom. The number of carbonyl (C=O) groups excluding carboxylic acids is 2. The molecule has 1 aliphatic heterocycles. The van der Waals surface area contributed by atoms with Crippen LogP contribution in [0.4, 0.5) is 0 Å². The van der Waals surface area contributed by atoms with Crippen LogP contribution in [-0.2, 0) is 9.59 Å². The number of nitrogens with one attached hydrogen (secondary N) is 1. The van der Waals surface area contributed by atoms with Gasteiger partial charge in [-0.15, -0.1) is 0 Å². The average Bonchev–Trinajstić information content (AvgIpc) is 2.67. The second kappa shape index (κ2) is 11.3. The first-order valence-electron chi connectivity index (χ1n) is 10.8. The lowest BCUT2D eigenvalue weighted by Gasteiger charge is -2.32. The smallest absolute Gasteiger partial charge is 0.311 e. The number of nitrogens with zero attached hydrogens (tertiary/aromatic N) is 2. The first-order valence-corrected chi connectivity index (χ1v) is 10.8. The highest BCUT2D eigenvalue weighted by Crippen LogP contribution is 2.34. The second-order valence-electron chi connectivity index (χ2n) is 8.54. The Morgan fingerprint density at radius 3 is 2.14 bits per heavy atom. The van der Waals surface area contributed by atoms with Crippen LogP contribution in [0.5, 0.6) is 5.75 Å². The number of piperazine rings is 1. The third kappa shape index (κ3) is 7.44. The Hall–Kier alpha value is -1.92. The summed E-state index contributed by atoms with van der Waals surface area (Å²) in [5.74, 6) is 0.730. The molecule has 29 heavy (non-hydrogen) atoms. The molecule has 0 aromatic heterocycles. The summed E-state index contributed by atoms with van der Waals surface area (Å²) in [6, 6.07) is 6.02. The van der Waals surface area contributed by atoms with E-state index in [-0.39, 0.29) is 36.6 Å². The summed E-state index contributed by atoms with van der Waals surface area (Å²) >= 11 is 0. The molecule has 0 saturated carbocycles. The molecule has 2 rings (SSSR count). The van der Waals surface area contributed by atoms with Gasteiger partial charge in [-0.05, 0) is 30.0 Å². The maximum Gasteiger partial charge on any atom is 0.311 e. The summed E-state index contributed by atoms with van der Waals surface area (Å²) in [6.45, 7) is 14.0. The van der Waals surface area contributed by atoms with Gasteiger partial charge in [0.2, 0.25) is 5.91 Å². The lowest BCUT2D eigenvalue weighted by Crippen LogP contribution is -2.46. The zero-order valence-corrected chi connectivity index (χ0v) is 18.7. The molecule has 0 aliphatic carbocycles. The van der Waals surface area contributed by atoms with Crippen molar-refractivity contribution in [2.45, 2.75) is 52.4 Å². The molecule has 1 amide bonds. The molecule has 1 aliphatic rings. The van der Waals surface area contributed by atoms with Crippen LogP contribution >= 0.6 is 0 Å². The third-order valence-electron chi connectivity index (χ3n) is 5.44. The molecule has 0 unspecified atom stereocenters. The molecule has 0 radical (unpaired) electrons. The molecule has 162 valence electrons. The Labute approximate surface area is 175 Å². The van der Waals surface area contributed by atoms with Crippen LogP contribution in [0.3, 0.4) is 0 Å². The molecule has 1 fully saturated rings. The fourth-order valence-electron chi connectivity index (χ4n) is 3.49. The molecule has 1 aromatic rings. The van der Waals surface area contributed by atoms with Gasteiger partial charge < -0.3 is 15.0 Å². The van der Waals surface area contributed by atoms with E-state index >= 15 is 0 Å². The van der Waals surface area contributed by atoms with Crippen LogP contribution in [0, 0.1) is 0 Å². The number of likely N-dealkylation sites (N-methyl/N-ethyl adjacent to an activating group) is 1. The predicted octanol–water partition coefficient (Wildman–Crippen LogP) is 2.98. The van der Waals surface area contributed by atoms with Crippen molar-refractivity contribution in [3.8, 4) is 5.75 Å². The standard InChI is InChI=1S/C23H37N3O3/c1-17(2)19-7-6-8-20(18(3)4)23(19)29-22(28)10-9-21(27)24-11-12-26-15-13-25(5)14-16-26/h6-8,17-18H,9-16H2,1-5H3,(H,24,27). The molecule has 0 atom stereocenters. The molecule has 0 spiro atoms. The van der Waals surface area contributed by atoms with Gasteiger partial charge in [-0.1, -0.05) is 45.9 Å². The number of hydrogen-bond acceptors (Lipinski definition) is 5. The minimum atomic E-state index is -0.353.